The van der Waals surface area contributed by atoms with Crippen molar-refractivity contribution in [1.29, 1.82) is 0 Å². The number of piperazine rings is 1. The Kier molecular flexibility index (Phi) is 4.06. The average Bonchev–Trinajstić information content (AvgIpc) is 2.78. The lowest BCUT2D eigenvalue weighted by Crippen LogP contribution is -2.48. The van der Waals surface area contributed by atoms with Crippen molar-refractivity contribution in [2.45, 2.75) is 13.8 Å². The van der Waals surface area contributed by atoms with E-state index in [4.69, 9.17) is 0 Å². The van der Waals surface area contributed by atoms with Crippen LogP contribution < -0.4 is 0 Å². The molecule has 0 bridgehead atoms. The second-order valence-corrected chi connectivity index (χ2v) is 7.17. The fraction of sp³-hybridized carbons (Fsp3) is 0.438. The summed E-state index contributed by atoms with van der Waals surface area (Å²) in [6, 6.07) is 9.23. The predicted molar refractivity (Wildman–Crippen MR) is 89.1 cm³/mol. The van der Waals surface area contributed by atoms with E-state index in [1.54, 1.807) is 0 Å². The van der Waals surface area contributed by atoms with Crippen LogP contribution in [0.3, 0.4) is 0 Å². The van der Waals surface area contributed by atoms with Gasteiger partial charge in [0.2, 0.25) is 0 Å². The lowest BCUT2D eigenvalue weighted by atomic mass is 10.1. The lowest BCUT2D eigenvalue weighted by molar-refractivity contribution is 0.190. The van der Waals surface area contributed by atoms with E-state index in [1.165, 1.54) is 0 Å². The van der Waals surface area contributed by atoms with E-state index in [-0.39, 0.29) is 0 Å². The molecular formula is C16H21N3O2S. The van der Waals surface area contributed by atoms with Gasteiger partial charge in [0.15, 0.2) is 0 Å². The van der Waals surface area contributed by atoms with Gasteiger partial charge < -0.3 is 9.80 Å². The molecule has 3 rings (SSSR count). The molecule has 118 valence electrons. The zero-order valence-corrected chi connectivity index (χ0v) is 13.8. The van der Waals surface area contributed by atoms with Crippen LogP contribution in [0.1, 0.15) is 19.4 Å². The minimum absolute atomic E-state index is 0.348. The third kappa shape index (κ3) is 2.68. The minimum Gasteiger partial charge on any atom is -0.353 e. The Morgan fingerprint density at radius 3 is 2.32 bits per heavy atom. The van der Waals surface area contributed by atoms with Crippen LogP contribution in [0.5, 0.6) is 0 Å². The monoisotopic (exact) mass is 319 g/mol. The van der Waals surface area contributed by atoms with Crippen molar-refractivity contribution < 1.29 is 8.42 Å². The number of amidine groups is 1. The lowest BCUT2D eigenvalue weighted by Gasteiger charge is -2.35. The SMILES string of the molecule is CCN1CCN(C2=NS(=O)(=O)C(c3ccccc3)=C2C)CC1. The molecule has 6 heteroatoms. The summed E-state index contributed by atoms with van der Waals surface area (Å²) in [5.74, 6) is 0.620. The molecule has 0 saturated carbocycles. The molecule has 5 nitrogen and oxygen atoms in total. The molecular weight excluding hydrogens is 298 g/mol. The third-order valence-electron chi connectivity index (χ3n) is 4.30. The van der Waals surface area contributed by atoms with Crippen molar-refractivity contribution in [2.24, 2.45) is 4.40 Å². The molecule has 1 aromatic carbocycles. The van der Waals surface area contributed by atoms with Crippen molar-refractivity contribution in [1.82, 2.24) is 9.80 Å². The normalized spacial score (nSPS) is 22.1. The number of rotatable bonds is 2. The topological polar surface area (TPSA) is 53.0 Å². The van der Waals surface area contributed by atoms with E-state index in [2.05, 4.69) is 21.1 Å². The molecule has 0 aromatic heterocycles. The number of hydrogen-bond acceptors (Lipinski definition) is 4. The highest BCUT2D eigenvalue weighted by Crippen LogP contribution is 2.33. The van der Waals surface area contributed by atoms with Crippen molar-refractivity contribution in [2.75, 3.05) is 32.7 Å². The number of nitrogens with zero attached hydrogens (tertiary/aromatic N) is 3. The number of hydrogen-bond donors (Lipinski definition) is 0. The van der Waals surface area contributed by atoms with E-state index in [0.29, 0.717) is 16.3 Å². The summed E-state index contributed by atoms with van der Waals surface area (Å²) >= 11 is 0. The summed E-state index contributed by atoms with van der Waals surface area (Å²) in [7, 11) is -3.59. The molecule has 0 spiro atoms. The molecule has 0 N–H and O–H groups in total. The maximum atomic E-state index is 12.5. The van der Waals surface area contributed by atoms with Crippen LogP contribution in [-0.2, 0) is 10.0 Å². The highest BCUT2D eigenvalue weighted by Gasteiger charge is 2.34. The largest absolute Gasteiger partial charge is 0.353 e. The second-order valence-electron chi connectivity index (χ2n) is 5.63. The summed E-state index contributed by atoms with van der Waals surface area (Å²) in [6.07, 6.45) is 0. The molecule has 2 aliphatic rings. The molecule has 2 aliphatic heterocycles. The van der Waals surface area contributed by atoms with Crippen LogP contribution in [0, 0.1) is 0 Å². The Morgan fingerprint density at radius 1 is 1.09 bits per heavy atom. The van der Waals surface area contributed by atoms with Crippen LogP contribution >= 0.6 is 0 Å². The first-order valence-electron chi connectivity index (χ1n) is 7.62. The molecule has 1 saturated heterocycles. The maximum absolute atomic E-state index is 12.5. The Labute approximate surface area is 132 Å². The van der Waals surface area contributed by atoms with Gasteiger partial charge in [0.25, 0.3) is 10.0 Å². The van der Waals surface area contributed by atoms with Gasteiger partial charge in [-0.1, -0.05) is 37.3 Å². The van der Waals surface area contributed by atoms with Crippen LogP contribution in [0.2, 0.25) is 0 Å². The first-order valence-corrected chi connectivity index (χ1v) is 9.06. The molecule has 1 aromatic rings. The first kappa shape index (κ1) is 15.2. The number of sulfonamides is 1. The smallest absolute Gasteiger partial charge is 0.285 e. The van der Waals surface area contributed by atoms with Crippen molar-refractivity contribution >= 4 is 20.8 Å². The van der Waals surface area contributed by atoms with Gasteiger partial charge in [-0.15, -0.1) is 4.40 Å². The summed E-state index contributed by atoms with van der Waals surface area (Å²) in [4.78, 5) is 4.80. The van der Waals surface area contributed by atoms with E-state index < -0.39 is 10.0 Å². The molecule has 0 unspecified atom stereocenters. The van der Waals surface area contributed by atoms with Gasteiger partial charge in [0.1, 0.15) is 10.7 Å². The van der Waals surface area contributed by atoms with Gasteiger partial charge in [-0.3, -0.25) is 0 Å². The van der Waals surface area contributed by atoms with Crippen LogP contribution in [-0.4, -0.2) is 56.8 Å². The summed E-state index contributed by atoms with van der Waals surface area (Å²) < 4.78 is 29.0. The fourth-order valence-corrected chi connectivity index (χ4v) is 4.53. The molecule has 0 amide bonds. The quantitative estimate of drug-likeness (QED) is 0.834. The molecule has 0 aliphatic carbocycles. The molecule has 2 heterocycles. The van der Waals surface area contributed by atoms with Gasteiger partial charge >= 0.3 is 0 Å². The Hall–Kier alpha value is -1.66. The van der Waals surface area contributed by atoms with Gasteiger partial charge in [0, 0.05) is 31.8 Å². The van der Waals surface area contributed by atoms with Crippen molar-refractivity contribution in [3.05, 3.63) is 41.5 Å². The highest BCUT2D eigenvalue weighted by molar-refractivity contribution is 8.00. The maximum Gasteiger partial charge on any atom is 0.285 e. The average molecular weight is 319 g/mol. The van der Waals surface area contributed by atoms with E-state index in [0.717, 1.165) is 38.3 Å². The Morgan fingerprint density at radius 2 is 1.73 bits per heavy atom. The second kappa shape index (κ2) is 5.85. The molecule has 0 atom stereocenters. The van der Waals surface area contributed by atoms with Gasteiger partial charge in [-0.05, 0) is 19.0 Å². The minimum atomic E-state index is -3.59. The zero-order valence-electron chi connectivity index (χ0n) is 13.0. The van der Waals surface area contributed by atoms with Gasteiger partial charge in [0.05, 0.1) is 0 Å². The first-order chi connectivity index (χ1) is 10.5. The summed E-state index contributed by atoms with van der Waals surface area (Å²) in [5, 5.41) is 0. The third-order valence-corrected chi connectivity index (χ3v) is 5.77. The summed E-state index contributed by atoms with van der Waals surface area (Å²) in [5.41, 5.74) is 1.47. The zero-order chi connectivity index (χ0) is 15.7. The molecule has 22 heavy (non-hydrogen) atoms. The highest BCUT2D eigenvalue weighted by atomic mass is 32.2. The van der Waals surface area contributed by atoms with Crippen LogP contribution in [0.4, 0.5) is 0 Å². The standard InChI is InChI=1S/C16H21N3O2S/c1-3-18-9-11-19(12-10-18)16-13(2)15(22(20,21)17-16)14-7-5-4-6-8-14/h4-8H,3,9-12H2,1-2H3. The fourth-order valence-electron chi connectivity index (χ4n) is 3.05. The summed E-state index contributed by atoms with van der Waals surface area (Å²) in [6.45, 7) is 8.57. The van der Waals surface area contributed by atoms with E-state index >= 15 is 0 Å². The van der Waals surface area contributed by atoms with Crippen molar-refractivity contribution in [3.8, 4) is 0 Å². The van der Waals surface area contributed by atoms with Gasteiger partial charge in [-0.2, -0.15) is 8.42 Å². The van der Waals surface area contributed by atoms with E-state index in [1.807, 2.05) is 37.3 Å². The number of benzene rings is 1. The molecule has 0 radical (unpaired) electrons. The Balaban J connectivity index is 1.93. The van der Waals surface area contributed by atoms with Gasteiger partial charge in [-0.25, -0.2) is 0 Å². The van der Waals surface area contributed by atoms with Crippen molar-refractivity contribution in [3.63, 3.8) is 0 Å². The molecule has 1 fully saturated rings. The predicted octanol–water partition coefficient (Wildman–Crippen LogP) is 1.80. The van der Waals surface area contributed by atoms with Crippen LogP contribution in [0.15, 0.2) is 40.3 Å². The Bertz CT molecular complexity index is 715. The number of likely N-dealkylation sites (N-methyl/N-ethyl adjacent to an activating group) is 1. The van der Waals surface area contributed by atoms with E-state index in [9.17, 15) is 8.42 Å². The van der Waals surface area contributed by atoms with Crippen LogP contribution in [0.25, 0.3) is 4.91 Å².